The summed E-state index contributed by atoms with van der Waals surface area (Å²) in [5.74, 6) is 0.196. The van der Waals surface area contributed by atoms with Gasteiger partial charge in [-0.2, -0.15) is 0 Å². The summed E-state index contributed by atoms with van der Waals surface area (Å²) in [5, 5.41) is 10.8. The van der Waals surface area contributed by atoms with Crippen LogP contribution in [0.3, 0.4) is 0 Å². The molecule has 2 amide bonds. The van der Waals surface area contributed by atoms with E-state index in [1.54, 1.807) is 6.92 Å². The number of carbonyl (C=O) groups is 2. The molecule has 114 valence electrons. The molecule has 0 radical (unpaired) electrons. The molecule has 2 aliphatic rings. The van der Waals surface area contributed by atoms with E-state index in [4.69, 9.17) is 9.47 Å². The molecule has 1 fully saturated rings. The first-order chi connectivity index (χ1) is 10.5. The van der Waals surface area contributed by atoms with Crippen LogP contribution in [0.4, 0.5) is 10.5 Å². The Morgan fingerprint density at radius 2 is 2.05 bits per heavy atom. The number of ether oxygens (including phenoxy) is 2. The highest BCUT2D eigenvalue weighted by Crippen LogP contribution is 2.40. The number of thioether (sulfide) groups is 1. The molecule has 0 N–H and O–H groups in total. The van der Waals surface area contributed by atoms with Gasteiger partial charge in [-0.15, -0.1) is 0 Å². The predicted octanol–water partition coefficient (Wildman–Crippen LogP) is 2.38. The highest BCUT2D eigenvalue weighted by atomic mass is 32.2. The fraction of sp³-hybridized carbons (Fsp3) is 0.231. The van der Waals surface area contributed by atoms with Crippen LogP contribution in [0.1, 0.15) is 12.5 Å². The number of benzene rings is 1. The van der Waals surface area contributed by atoms with Gasteiger partial charge in [-0.3, -0.25) is 24.6 Å². The molecule has 0 bridgehead atoms. The standard InChI is InChI=1S/C13H10N2O6S/c1-2-14-12(16)11(22-13(14)17)4-7-3-9-10(21-6-20-9)5-8(7)15(18)19/h3-5H,2,6H2,1H3/b11-4-. The second kappa shape index (κ2) is 5.34. The maximum absolute atomic E-state index is 12.1. The number of nitro groups is 1. The fourth-order valence-corrected chi connectivity index (χ4v) is 3.03. The van der Waals surface area contributed by atoms with Gasteiger partial charge < -0.3 is 9.47 Å². The number of carbonyl (C=O) groups excluding carboxylic acids is 2. The summed E-state index contributed by atoms with van der Waals surface area (Å²) < 4.78 is 10.3. The number of nitro benzene ring substituents is 1. The predicted molar refractivity (Wildman–Crippen MR) is 77.6 cm³/mol. The molecule has 0 unspecified atom stereocenters. The molecule has 3 rings (SSSR count). The smallest absolute Gasteiger partial charge is 0.293 e. The molecule has 8 nitrogen and oxygen atoms in total. The lowest BCUT2D eigenvalue weighted by molar-refractivity contribution is -0.385. The Bertz CT molecular complexity index is 729. The Morgan fingerprint density at radius 3 is 2.64 bits per heavy atom. The first-order valence-electron chi connectivity index (χ1n) is 6.34. The molecule has 0 spiro atoms. The summed E-state index contributed by atoms with van der Waals surface area (Å²) in [7, 11) is 0. The second-order valence-electron chi connectivity index (χ2n) is 4.45. The molecule has 22 heavy (non-hydrogen) atoms. The van der Waals surface area contributed by atoms with Crippen molar-refractivity contribution in [1.29, 1.82) is 0 Å². The van der Waals surface area contributed by atoms with Crippen molar-refractivity contribution in [1.82, 2.24) is 4.90 Å². The van der Waals surface area contributed by atoms with Crippen molar-refractivity contribution >= 4 is 34.7 Å². The Hall–Kier alpha value is -2.55. The van der Waals surface area contributed by atoms with Crippen LogP contribution in [-0.4, -0.2) is 34.3 Å². The molecule has 2 heterocycles. The van der Waals surface area contributed by atoms with Crippen molar-refractivity contribution in [3.05, 3.63) is 32.7 Å². The van der Waals surface area contributed by atoms with Crippen molar-refractivity contribution in [2.45, 2.75) is 6.92 Å². The van der Waals surface area contributed by atoms with E-state index in [-0.39, 0.29) is 40.5 Å². The highest BCUT2D eigenvalue weighted by Gasteiger charge is 2.34. The lowest BCUT2D eigenvalue weighted by Crippen LogP contribution is -2.27. The first kappa shape index (κ1) is 14.4. The van der Waals surface area contributed by atoms with Crippen molar-refractivity contribution < 1.29 is 24.0 Å². The number of rotatable bonds is 3. The molecule has 0 aromatic heterocycles. The fourth-order valence-electron chi connectivity index (χ4n) is 2.13. The molecular weight excluding hydrogens is 312 g/mol. The largest absolute Gasteiger partial charge is 0.454 e. The topological polar surface area (TPSA) is 99.0 Å². The monoisotopic (exact) mass is 322 g/mol. The minimum absolute atomic E-state index is 0.0116. The third-order valence-corrected chi connectivity index (χ3v) is 4.10. The molecule has 0 atom stereocenters. The van der Waals surface area contributed by atoms with Crippen LogP contribution in [-0.2, 0) is 4.79 Å². The van der Waals surface area contributed by atoms with Crippen LogP contribution in [0, 0.1) is 10.1 Å². The van der Waals surface area contributed by atoms with Crippen LogP contribution in [0.5, 0.6) is 11.5 Å². The van der Waals surface area contributed by atoms with E-state index in [0.29, 0.717) is 5.75 Å². The Balaban J connectivity index is 2.05. The van der Waals surface area contributed by atoms with Crippen LogP contribution in [0.25, 0.3) is 6.08 Å². The maximum atomic E-state index is 12.1. The third kappa shape index (κ3) is 2.29. The van der Waals surface area contributed by atoms with Crippen LogP contribution in [0.2, 0.25) is 0 Å². The van der Waals surface area contributed by atoms with Gasteiger partial charge in [-0.1, -0.05) is 0 Å². The minimum atomic E-state index is -0.572. The number of amides is 2. The summed E-state index contributed by atoms with van der Waals surface area (Å²) in [4.78, 5) is 35.6. The molecular formula is C13H10N2O6S. The Labute approximate surface area is 128 Å². The minimum Gasteiger partial charge on any atom is -0.454 e. The average Bonchev–Trinajstić information content (AvgIpc) is 3.02. The third-order valence-electron chi connectivity index (χ3n) is 3.19. The summed E-state index contributed by atoms with van der Waals surface area (Å²) in [6, 6.07) is 2.68. The number of hydrogen-bond donors (Lipinski definition) is 0. The van der Waals surface area contributed by atoms with Gasteiger partial charge in [0.2, 0.25) is 6.79 Å². The lowest BCUT2D eigenvalue weighted by Gasteiger charge is -2.07. The lowest BCUT2D eigenvalue weighted by atomic mass is 10.1. The quantitative estimate of drug-likeness (QED) is 0.478. The van der Waals surface area contributed by atoms with E-state index in [1.165, 1.54) is 18.2 Å². The number of hydrogen-bond acceptors (Lipinski definition) is 7. The van der Waals surface area contributed by atoms with Gasteiger partial charge in [0.25, 0.3) is 16.8 Å². The second-order valence-corrected chi connectivity index (χ2v) is 5.44. The number of imide groups is 1. The summed E-state index contributed by atoms with van der Waals surface area (Å²) in [6.07, 6.45) is 1.33. The zero-order valence-corrected chi connectivity index (χ0v) is 12.2. The summed E-state index contributed by atoms with van der Waals surface area (Å²) in [5.41, 5.74) is -0.0246. The van der Waals surface area contributed by atoms with E-state index in [9.17, 15) is 19.7 Å². The Morgan fingerprint density at radius 1 is 1.36 bits per heavy atom. The number of fused-ring (bicyclic) bond motifs is 1. The Kier molecular flexibility index (Phi) is 3.49. The van der Waals surface area contributed by atoms with Crippen LogP contribution < -0.4 is 9.47 Å². The van der Waals surface area contributed by atoms with Gasteiger partial charge >= 0.3 is 0 Å². The zero-order chi connectivity index (χ0) is 15.9. The summed E-state index contributed by atoms with van der Waals surface area (Å²) in [6.45, 7) is 1.93. The van der Waals surface area contributed by atoms with Crippen molar-refractivity contribution in [3.8, 4) is 11.5 Å². The molecule has 0 aliphatic carbocycles. The SMILES string of the molecule is CCN1C(=O)S/C(=C\c2cc3c(cc2[N+](=O)[O-])OCO3)C1=O. The van der Waals surface area contributed by atoms with E-state index >= 15 is 0 Å². The molecule has 1 saturated heterocycles. The molecule has 0 saturated carbocycles. The van der Waals surface area contributed by atoms with Crippen molar-refractivity contribution in [2.24, 2.45) is 0 Å². The maximum Gasteiger partial charge on any atom is 0.293 e. The molecule has 1 aromatic carbocycles. The van der Waals surface area contributed by atoms with E-state index < -0.39 is 10.8 Å². The van der Waals surface area contributed by atoms with Crippen molar-refractivity contribution in [2.75, 3.05) is 13.3 Å². The molecule has 1 aromatic rings. The van der Waals surface area contributed by atoms with Crippen LogP contribution >= 0.6 is 11.8 Å². The van der Waals surface area contributed by atoms with E-state index in [2.05, 4.69) is 0 Å². The van der Waals surface area contributed by atoms with Gasteiger partial charge in [0.15, 0.2) is 11.5 Å². The van der Waals surface area contributed by atoms with Crippen LogP contribution in [0.15, 0.2) is 17.0 Å². The van der Waals surface area contributed by atoms with Crippen molar-refractivity contribution in [3.63, 3.8) is 0 Å². The van der Waals surface area contributed by atoms with Gasteiger partial charge in [0.1, 0.15) is 0 Å². The van der Waals surface area contributed by atoms with Gasteiger partial charge in [0, 0.05) is 6.54 Å². The first-order valence-corrected chi connectivity index (χ1v) is 7.16. The van der Waals surface area contributed by atoms with Gasteiger partial charge in [-0.05, 0) is 30.8 Å². The normalized spacial score (nSPS) is 18.4. The summed E-state index contributed by atoms with van der Waals surface area (Å²) >= 11 is 0.759. The van der Waals surface area contributed by atoms with Gasteiger partial charge in [0.05, 0.1) is 21.5 Å². The highest BCUT2D eigenvalue weighted by molar-refractivity contribution is 8.18. The number of nitrogens with zero attached hydrogens (tertiary/aromatic N) is 2. The van der Waals surface area contributed by atoms with E-state index in [1.807, 2.05) is 0 Å². The average molecular weight is 322 g/mol. The van der Waals surface area contributed by atoms with Gasteiger partial charge in [-0.25, -0.2) is 0 Å². The number of likely N-dealkylation sites (N-methyl/N-ethyl adjacent to an activating group) is 1. The van der Waals surface area contributed by atoms with E-state index in [0.717, 1.165) is 16.7 Å². The molecule has 9 heteroatoms. The zero-order valence-electron chi connectivity index (χ0n) is 11.4. The molecule has 2 aliphatic heterocycles.